The van der Waals surface area contributed by atoms with Crippen LogP contribution in [0, 0.1) is 0 Å². The van der Waals surface area contributed by atoms with Crippen LogP contribution in [0.25, 0.3) is 0 Å². The third-order valence-corrected chi connectivity index (χ3v) is 9.62. The number of rotatable bonds is 6. The SMILES string of the molecule is CC[Si](CC)(CC)Cc1cccc(OC)c1. The summed E-state index contributed by atoms with van der Waals surface area (Å²) in [7, 11) is 0.690. The molecule has 0 N–H and O–H groups in total. The molecule has 0 aliphatic carbocycles. The van der Waals surface area contributed by atoms with Gasteiger partial charge in [0, 0.05) is 0 Å². The molecule has 0 atom stereocenters. The largest absolute Gasteiger partial charge is 0.497 e. The molecule has 1 aromatic rings. The van der Waals surface area contributed by atoms with E-state index in [4.69, 9.17) is 4.74 Å². The molecule has 1 nitrogen and oxygen atoms in total. The first-order valence-corrected chi connectivity index (χ1v) is 9.15. The standard InChI is InChI=1S/C14H24OSi/c1-5-16(6-2,7-3)12-13-9-8-10-14(11-13)15-4/h8-11H,5-7,12H2,1-4H3. The molecule has 0 aliphatic rings. The van der Waals surface area contributed by atoms with Crippen LogP contribution in [0.3, 0.4) is 0 Å². The van der Waals surface area contributed by atoms with Crippen LogP contribution >= 0.6 is 0 Å². The highest BCUT2D eigenvalue weighted by molar-refractivity contribution is 6.79. The topological polar surface area (TPSA) is 9.23 Å². The summed E-state index contributed by atoms with van der Waals surface area (Å²) in [6, 6.07) is 14.0. The van der Waals surface area contributed by atoms with E-state index in [0.29, 0.717) is 0 Å². The second-order valence-corrected chi connectivity index (χ2v) is 10.1. The van der Waals surface area contributed by atoms with Crippen LogP contribution in [-0.2, 0) is 6.04 Å². The summed E-state index contributed by atoms with van der Waals surface area (Å²) >= 11 is 0. The molecule has 0 spiro atoms. The molecule has 16 heavy (non-hydrogen) atoms. The minimum absolute atomic E-state index is 0.990. The number of methoxy groups -OCH3 is 1. The highest BCUT2D eigenvalue weighted by Gasteiger charge is 2.26. The third-order valence-electron chi connectivity index (χ3n) is 3.96. The summed E-state index contributed by atoms with van der Waals surface area (Å²) in [4.78, 5) is 0. The van der Waals surface area contributed by atoms with Crippen LogP contribution in [0.4, 0.5) is 0 Å². The molecule has 0 aromatic heterocycles. The average molecular weight is 236 g/mol. The van der Waals surface area contributed by atoms with Gasteiger partial charge >= 0.3 is 0 Å². The highest BCUT2D eigenvalue weighted by Crippen LogP contribution is 2.26. The maximum absolute atomic E-state index is 5.29. The Kier molecular flexibility index (Phi) is 5.06. The van der Waals surface area contributed by atoms with Crippen molar-refractivity contribution in [3.05, 3.63) is 29.8 Å². The Bertz CT molecular complexity index is 310. The van der Waals surface area contributed by atoms with Crippen LogP contribution in [-0.4, -0.2) is 15.2 Å². The lowest BCUT2D eigenvalue weighted by atomic mass is 10.2. The maximum Gasteiger partial charge on any atom is 0.119 e. The molecule has 0 amide bonds. The lowest BCUT2D eigenvalue weighted by Gasteiger charge is -2.28. The molecule has 0 aliphatic heterocycles. The molecule has 1 aromatic carbocycles. The molecule has 90 valence electrons. The molecule has 0 saturated heterocycles. The first-order chi connectivity index (χ1) is 7.69. The van der Waals surface area contributed by atoms with Crippen molar-refractivity contribution in [3.63, 3.8) is 0 Å². The maximum atomic E-state index is 5.29. The summed E-state index contributed by atoms with van der Waals surface area (Å²) in [5.41, 5.74) is 1.46. The third kappa shape index (κ3) is 3.11. The number of ether oxygens (including phenoxy) is 1. The Hall–Kier alpha value is -0.763. The fourth-order valence-corrected chi connectivity index (χ4v) is 5.68. The first kappa shape index (κ1) is 13.3. The molecule has 1 rings (SSSR count). The van der Waals surface area contributed by atoms with Gasteiger partial charge in [-0.3, -0.25) is 0 Å². The second-order valence-electron chi connectivity index (χ2n) is 4.59. The summed E-state index contributed by atoms with van der Waals surface area (Å²) < 4.78 is 5.29. The van der Waals surface area contributed by atoms with Crippen molar-refractivity contribution in [2.75, 3.05) is 7.11 Å². The van der Waals surface area contributed by atoms with Crippen molar-refractivity contribution < 1.29 is 4.74 Å². The molecule has 0 bridgehead atoms. The van der Waals surface area contributed by atoms with Gasteiger partial charge in [-0.05, 0) is 23.7 Å². The van der Waals surface area contributed by atoms with Crippen molar-refractivity contribution >= 4 is 8.07 Å². The Morgan fingerprint density at radius 1 is 1.06 bits per heavy atom. The Morgan fingerprint density at radius 2 is 1.69 bits per heavy atom. The molecule has 0 unspecified atom stereocenters. The number of benzene rings is 1. The van der Waals surface area contributed by atoms with Gasteiger partial charge in [0.05, 0.1) is 15.2 Å². The van der Waals surface area contributed by atoms with Gasteiger partial charge in [-0.15, -0.1) is 0 Å². The van der Waals surface area contributed by atoms with Gasteiger partial charge in [-0.1, -0.05) is 51.0 Å². The van der Waals surface area contributed by atoms with Crippen LogP contribution in [0.5, 0.6) is 5.75 Å². The van der Waals surface area contributed by atoms with E-state index in [1.807, 2.05) is 6.07 Å². The quantitative estimate of drug-likeness (QED) is 0.670. The molecule has 2 heteroatoms. The Labute approximate surface area is 101 Å². The van der Waals surface area contributed by atoms with Gasteiger partial charge in [0.2, 0.25) is 0 Å². The van der Waals surface area contributed by atoms with E-state index in [1.54, 1.807) is 7.11 Å². The normalized spacial score (nSPS) is 11.5. The van der Waals surface area contributed by atoms with Crippen molar-refractivity contribution in [1.29, 1.82) is 0 Å². The zero-order valence-electron chi connectivity index (χ0n) is 11.0. The first-order valence-electron chi connectivity index (χ1n) is 6.32. The monoisotopic (exact) mass is 236 g/mol. The lowest BCUT2D eigenvalue weighted by Crippen LogP contribution is -2.34. The van der Waals surface area contributed by atoms with E-state index in [-0.39, 0.29) is 0 Å². The summed E-state index contributed by atoms with van der Waals surface area (Å²) in [6.45, 7) is 7.08. The predicted molar refractivity (Wildman–Crippen MR) is 73.9 cm³/mol. The van der Waals surface area contributed by atoms with Crippen molar-refractivity contribution in [1.82, 2.24) is 0 Å². The minimum Gasteiger partial charge on any atom is -0.497 e. The molecular formula is C14H24OSi. The molecule has 0 radical (unpaired) electrons. The lowest BCUT2D eigenvalue weighted by molar-refractivity contribution is 0.414. The van der Waals surface area contributed by atoms with Crippen molar-refractivity contribution in [3.8, 4) is 5.75 Å². The van der Waals surface area contributed by atoms with Gasteiger partial charge < -0.3 is 4.74 Å². The summed E-state index contributed by atoms with van der Waals surface area (Å²) in [5.74, 6) is 0.990. The van der Waals surface area contributed by atoms with Crippen molar-refractivity contribution in [2.45, 2.75) is 44.9 Å². The zero-order valence-corrected chi connectivity index (χ0v) is 12.0. The van der Waals surface area contributed by atoms with Crippen LogP contribution < -0.4 is 4.74 Å². The van der Waals surface area contributed by atoms with E-state index in [1.165, 1.54) is 29.7 Å². The van der Waals surface area contributed by atoms with Gasteiger partial charge in [-0.2, -0.15) is 0 Å². The van der Waals surface area contributed by atoms with E-state index >= 15 is 0 Å². The fourth-order valence-electron chi connectivity index (χ4n) is 2.34. The summed E-state index contributed by atoms with van der Waals surface area (Å²) in [6.07, 6.45) is 0. The summed E-state index contributed by atoms with van der Waals surface area (Å²) in [5, 5.41) is 0. The van der Waals surface area contributed by atoms with Gasteiger partial charge in [0.15, 0.2) is 0 Å². The second kappa shape index (κ2) is 6.09. The Morgan fingerprint density at radius 3 is 2.19 bits per heavy atom. The molecular weight excluding hydrogens is 212 g/mol. The van der Waals surface area contributed by atoms with E-state index < -0.39 is 8.07 Å². The van der Waals surface area contributed by atoms with E-state index in [2.05, 4.69) is 39.0 Å². The molecule has 0 heterocycles. The smallest absolute Gasteiger partial charge is 0.119 e. The minimum atomic E-state index is -1.05. The van der Waals surface area contributed by atoms with Crippen LogP contribution in [0.1, 0.15) is 26.3 Å². The van der Waals surface area contributed by atoms with Gasteiger partial charge in [0.25, 0.3) is 0 Å². The number of hydrogen-bond donors (Lipinski definition) is 0. The zero-order chi connectivity index (χ0) is 12.0. The molecule has 0 fully saturated rings. The van der Waals surface area contributed by atoms with E-state index in [9.17, 15) is 0 Å². The highest BCUT2D eigenvalue weighted by atomic mass is 28.3. The van der Waals surface area contributed by atoms with Crippen LogP contribution in [0.2, 0.25) is 18.1 Å². The van der Waals surface area contributed by atoms with Crippen molar-refractivity contribution in [2.24, 2.45) is 0 Å². The molecule has 0 saturated carbocycles. The van der Waals surface area contributed by atoms with E-state index in [0.717, 1.165) is 5.75 Å². The fraction of sp³-hybridized carbons (Fsp3) is 0.571. The van der Waals surface area contributed by atoms with Crippen LogP contribution in [0.15, 0.2) is 24.3 Å². The average Bonchev–Trinajstić information content (AvgIpc) is 2.36. The Balaban J connectivity index is 2.84. The van der Waals surface area contributed by atoms with Gasteiger partial charge in [-0.25, -0.2) is 0 Å². The number of hydrogen-bond acceptors (Lipinski definition) is 1. The van der Waals surface area contributed by atoms with Gasteiger partial charge in [0.1, 0.15) is 5.75 Å². The predicted octanol–water partition coefficient (Wildman–Crippen LogP) is 4.29.